The van der Waals surface area contributed by atoms with Crippen molar-refractivity contribution in [1.29, 1.82) is 5.26 Å². The number of hydrogen-bond donors (Lipinski definition) is 2. The lowest BCUT2D eigenvalue weighted by atomic mass is 10.0. The summed E-state index contributed by atoms with van der Waals surface area (Å²) in [5.41, 5.74) is 2.91. The average molecular weight is 333 g/mol. The summed E-state index contributed by atoms with van der Waals surface area (Å²) in [6.07, 6.45) is 1.07. The van der Waals surface area contributed by atoms with Crippen LogP contribution in [0.3, 0.4) is 0 Å². The lowest BCUT2D eigenvalue weighted by Crippen LogP contribution is -2.35. The molecule has 0 aromatic heterocycles. The minimum absolute atomic E-state index is 0.274. The number of nitriles is 1. The Morgan fingerprint density at radius 2 is 1.44 bits per heavy atom. The van der Waals surface area contributed by atoms with Gasteiger partial charge in [-0.25, -0.2) is 0 Å². The predicted molar refractivity (Wildman–Crippen MR) is 96.0 cm³/mol. The molecule has 2 aromatic carbocycles. The quantitative estimate of drug-likeness (QED) is 0.840. The van der Waals surface area contributed by atoms with Crippen LogP contribution in [0.1, 0.15) is 29.5 Å². The van der Waals surface area contributed by atoms with E-state index in [0.717, 1.165) is 11.1 Å². The van der Waals surface area contributed by atoms with E-state index >= 15 is 0 Å². The van der Waals surface area contributed by atoms with E-state index in [-0.39, 0.29) is 11.8 Å². The van der Waals surface area contributed by atoms with Crippen molar-refractivity contribution in [2.45, 2.75) is 26.7 Å². The molecule has 5 nitrogen and oxygen atoms in total. The summed E-state index contributed by atoms with van der Waals surface area (Å²) in [5, 5.41) is 14.5. The van der Waals surface area contributed by atoms with Crippen LogP contribution in [0, 0.1) is 30.6 Å². The Morgan fingerprint density at radius 1 is 0.920 bits per heavy atom. The third-order valence-corrected chi connectivity index (χ3v) is 4.37. The van der Waals surface area contributed by atoms with Crippen molar-refractivity contribution >= 4 is 23.2 Å². The van der Waals surface area contributed by atoms with Crippen molar-refractivity contribution in [1.82, 2.24) is 0 Å². The van der Waals surface area contributed by atoms with Gasteiger partial charge in [0.15, 0.2) is 0 Å². The van der Waals surface area contributed by atoms with Gasteiger partial charge in [0.2, 0.25) is 11.8 Å². The van der Waals surface area contributed by atoms with Crippen molar-refractivity contribution in [3.63, 3.8) is 0 Å². The Hall–Kier alpha value is -3.13. The summed E-state index contributed by atoms with van der Waals surface area (Å²) >= 11 is 0. The minimum atomic E-state index is -1.01. The van der Waals surface area contributed by atoms with Crippen molar-refractivity contribution < 1.29 is 9.59 Å². The second-order valence-corrected chi connectivity index (χ2v) is 6.56. The number of carbonyl (C=O) groups is 2. The van der Waals surface area contributed by atoms with E-state index in [1.807, 2.05) is 38.1 Å². The first-order chi connectivity index (χ1) is 11.9. The van der Waals surface area contributed by atoms with Crippen LogP contribution in [0.4, 0.5) is 11.4 Å². The van der Waals surface area contributed by atoms with E-state index in [9.17, 15) is 9.59 Å². The van der Waals surface area contributed by atoms with Crippen LogP contribution in [0.25, 0.3) is 0 Å². The summed E-state index contributed by atoms with van der Waals surface area (Å²) in [5.74, 6) is -0.581. The van der Waals surface area contributed by atoms with Crippen LogP contribution in [0.2, 0.25) is 0 Å². The molecule has 1 saturated carbocycles. The molecule has 0 bridgehead atoms. The molecule has 0 radical (unpaired) electrons. The number of carbonyl (C=O) groups excluding carboxylic acids is 2. The highest BCUT2D eigenvalue weighted by Crippen LogP contribution is 2.47. The van der Waals surface area contributed by atoms with Gasteiger partial charge in [0.25, 0.3) is 0 Å². The smallest absolute Gasteiger partial charge is 0.240 e. The standard InChI is InChI=1S/C20H19N3O2/c1-13-9-14(2)11-17(10-13)23-19(25)20(7-8-20)18(24)22-16-5-3-15(12-21)4-6-16/h3-6,9-11H,7-8H2,1-2H3,(H,22,24)(H,23,25). The number of rotatable bonds is 4. The molecule has 2 aromatic rings. The molecule has 0 unspecified atom stereocenters. The molecule has 1 aliphatic rings. The lowest BCUT2D eigenvalue weighted by molar-refractivity contribution is -0.131. The highest BCUT2D eigenvalue weighted by Gasteiger charge is 2.56. The molecule has 25 heavy (non-hydrogen) atoms. The van der Waals surface area contributed by atoms with Crippen molar-refractivity contribution in [3.8, 4) is 6.07 Å². The van der Waals surface area contributed by atoms with Gasteiger partial charge in [-0.05, 0) is 74.2 Å². The summed E-state index contributed by atoms with van der Waals surface area (Å²) in [7, 11) is 0. The number of anilines is 2. The highest BCUT2D eigenvalue weighted by molar-refractivity contribution is 6.16. The van der Waals surface area contributed by atoms with Gasteiger partial charge in [-0.2, -0.15) is 5.26 Å². The summed E-state index contributed by atoms with van der Waals surface area (Å²) in [6, 6.07) is 14.4. The molecular weight excluding hydrogens is 314 g/mol. The Morgan fingerprint density at radius 3 is 1.92 bits per heavy atom. The van der Waals surface area contributed by atoms with Crippen LogP contribution < -0.4 is 10.6 Å². The largest absolute Gasteiger partial charge is 0.325 e. The van der Waals surface area contributed by atoms with E-state index in [2.05, 4.69) is 10.6 Å². The molecule has 0 spiro atoms. The van der Waals surface area contributed by atoms with Gasteiger partial charge < -0.3 is 10.6 Å². The first-order valence-electron chi connectivity index (χ1n) is 8.14. The van der Waals surface area contributed by atoms with Crippen molar-refractivity contribution in [3.05, 3.63) is 59.2 Å². The van der Waals surface area contributed by atoms with Gasteiger partial charge in [-0.15, -0.1) is 0 Å². The number of hydrogen-bond acceptors (Lipinski definition) is 3. The Kier molecular flexibility index (Phi) is 4.28. The topological polar surface area (TPSA) is 82.0 Å². The van der Waals surface area contributed by atoms with E-state index in [0.29, 0.717) is 29.8 Å². The minimum Gasteiger partial charge on any atom is -0.325 e. The molecule has 0 aliphatic heterocycles. The van der Waals surface area contributed by atoms with Crippen LogP contribution in [0.15, 0.2) is 42.5 Å². The second-order valence-electron chi connectivity index (χ2n) is 6.56. The number of nitrogens with one attached hydrogen (secondary N) is 2. The predicted octanol–water partition coefficient (Wildman–Crippen LogP) is 3.53. The molecule has 0 heterocycles. The number of aryl methyl sites for hydroxylation is 2. The Balaban J connectivity index is 1.71. The molecule has 1 fully saturated rings. The molecule has 2 N–H and O–H groups in total. The van der Waals surface area contributed by atoms with E-state index in [1.54, 1.807) is 24.3 Å². The Bertz CT molecular complexity index is 855. The maximum atomic E-state index is 12.6. The summed E-state index contributed by atoms with van der Waals surface area (Å²) < 4.78 is 0. The SMILES string of the molecule is Cc1cc(C)cc(NC(=O)C2(C(=O)Nc3ccc(C#N)cc3)CC2)c1. The van der Waals surface area contributed by atoms with Gasteiger partial charge in [0.05, 0.1) is 11.6 Å². The van der Waals surface area contributed by atoms with E-state index < -0.39 is 5.41 Å². The molecule has 1 aliphatic carbocycles. The zero-order chi connectivity index (χ0) is 18.0. The van der Waals surface area contributed by atoms with Gasteiger partial charge >= 0.3 is 0 Å². The molecule has 2 amide bonds. The average Bonchev–Trinajstić information content (AvgIpc) is 3.36. The van der Waals surface area contributed by atoms with Crippen LogP contribution >= 0.6 is 0 Å². The molecule has 0 saturated heterocycles. The first-order valence-corrected chi connectivity index (χ1v) is 8.14. The zero-order valence-electron chi connectivity index (χ0n) is 14.2. The van der Waals surface area contributed by atoms with Crippen molar-refractivity contribution in [2.75, 3.05) is 10.6 Å². The third kappa shape index (κ3) is 3.53. The molecule has 126 valence electrons. The fourth-order valence-electron chi connectivity index (χ4n) is 2.86. The van der Waals surface area contributed by atoms with Gasteiger partial charge in [0, 0.05) is 11.4 Å². The Labute approximate surface area is 146 Å². The fourth-order valence-corrected chi connectivity index (χ4v) is 2.86. The van der Waals surface area contributed by atoms with Crippen LogP contribution in [0.5, 0.6) is 0 Å². The van der Waals surface area contributed by atoms with Crippen LogP contribution in [-0.4, -0.2) is 11.8 Å². The third-order valence-electron chi connectivity index (χ3n) is 4.37. The number of nitrogens with zero attached hydrogens (tertiary/aromatic N) is 1. The highest BCUT2D eigenvalue weighted by atomic mass is 16.2. The summed E-state index contributed by atoms with van der Waals surface area (Å²) in [6.45, 7) is 3.93. The number of benzene rings is 2. The van der Waals surface area contributed by atoms with Gasteiger partial charge in [-0.1, -0.05) is 6.07 Å². The van der Waals surface area contributed by atoms with Crippen molar-refractivity contribution in [2.24, 2.45) is 5.41 Å². The molecule has 5 heteroatoms. The van der Waals surface area contributed by atoms with Gasteiger partial charge in [-0.3, -0.25) is 9.59 Å². The molecule has 3 rings (SSSR count). The maximum absolute atomic E-state index is 12.6. The normalized spacial score (nSPS) is 14.3. The van der Waals surface area contributed by atoms with Gasteiger partial charge in [0.1, 0.15) is 5.41 Å². The number of amides is 2. The fraction of sp³-hybridized carbons (Fsp3) is 0.250. The van der Waals surface area contributed by atoms with Crippen LogP contribution in [-0.2, 0) is 9.59 Å². The lowest BCUT2D eigenvalue weighted by Gasteiger charge is -2.16. The van der Waals surface area contributed by atoms with E-state index in [1.165, 1.54) is 0 Å². The second kappa shape index (κ2) is 6.40. The molecular formula is C20H19N3O2. The maximum Gasteiger partial charge on any atom is 0.240 e. The summed E-state index contributed by atoms with van der Waals surface area (Å²) in [4.78, 5) is 25.2. The monoisotopic (exact) mass is 333 g/mol. The zero-order valence-corrected chi connectivity index (χ0v) is 14.2. The first kappa shape index (κ1) is 16.7. The molecule has 0 atom stereocenters. The van der Waals surface area contributed by atoms with E-state index in [4.69, 9.17) is 5.26 Å².